The summed E-state index contributed by atoms with van der Waals surface area (Å²) < 4.78 is 5.52. The van der Waals surface area contributed by atoms with Crippen LogP contribution in [-0.4, -0.2) is 9.97 Å². The molecule has 1 aromatic carbocycles. The Bertz CT molecular complexity index is 517. The van der Waals surface area contributed by atoms with Gasteiger partial charge in [-0.1, -0.05) is 30.3 Å². The molecule has 2 N–H and O–H groups in total. The fourth-order valence-electron chi connectivity index (χ4n) is 1.36. The van der Waals surface area contributed by atoms with Crippen molar-refractivity contribution in [3.8, 4) is 5.88 Å². The maximum Gasteiger partial charge on any atom is 0.242 e. The molecule has 0 amide bonds. The molecular formula is C12H12ClN3O. The summed E-state index contributed by atoms with van der Waals surface area (Å²) in [5.41, 5.74) is 7.89. The fourth-order valence-corrected chi connectivity index (χ4v) is 1.56. The molecule has 17 heavy (non-hydrogen) atoms. The van der Waals surface area contributed by atoms with E-state index >= 15 is 0 Å². The van der Waals surface area contributed by atoms with Gasteiger partial charge in [0.25, 0.3) is 0 Å². The second-order valence-corrected chi connectivity index (χ2v) is 3.91. The van der Waals surface area contributed by atoms with Crippen LogP contribution in [0, 0.1) is 6.92 Å². The molecule has 0 aliphatic heterocycles. The monoisotopic (exact) mass is 249 g/mol. The Morgan fingerprint density at radius 1 is 1.24 bits per heavy atom. The molecule has 0 spiro atoms. The van der Waals surface area contributed by atoms with Crippen molar-refractivity contribution >= 4 is 17.3 Å². The van der Waals surface area contributed by atoms with Crippen LogP contribution in [0.3, 0.4) is 0 Å². The topological polar surface area (TPSA) is 61.0 Å². The normalized spacial score (nSPS) is 10.2. The van der Waals surface area contributed by atoms with Crippen LogP contribution in [-0.2, 0) is 6.61 Å². The third kappa shape index (κ3) is 2.85. The maximum atomic E-state index is 5.81. The highest BCUT2D eigenvalue weighted by Crippen LogP contribution is 2.23. The molecule has 1 aromatic heterocycles. The number of aryl methyl sites for hydroxylation is 1. The largest absolute Gasteiger partial charge is 0.471 e. The van der Waals surface area contributed by atoms with Gasteiger partial charge in [-0.15, -0.1) is 0 Å². The predicted molar refractivity (Wildman–Crippen MR) is 67.0 cm³/mol. The van der Waals surface area contributed by atoms with Crippen molar-refractivity contribution in [1.82, 2.24) is 9.97 Å². The number of hydrogen-bond acceptors (Lipinski definition) is 4. The van der Waals surface area contributed by atoms with Gasteiger partial charge in [-0.3, -0.25) is 0 Å². The predicted octanol–water partition coefficient (Wildman–Crippen LogP) is 2.60. The highest BCUT2D eigenvalue weighted by atomic mass is 35.5. The number of nitrogen functional groups attached to an aromatic ring is 1. The van der Waals surface area contributed by atoms with Gasteiger partial charge in [0.15, 0.2) is 0 Å². The first-order chi connectivity index (χ1) is 8.16. The number of hydrogen-bond donors (Lipinski definition) is 1. The van der Waals surface area contributed by atoms with Gasteiger partial charge in [-0.2, -0.15) is 4.98 Å². The summed E-state index contributed by atoms with van der Waals surface area (Å²) in [6.45, 7) is 2.16. The van der Waals surface area contributed by atoms with E-state index in [9.17, 15) is 0 Å². The SMILES string of the molecule is Cc1nc(Cl)nc(OCc2ccccc2)c1N. The lowest BCUT2D eigenvalue weighted by molar-refractivity contribution is 0.295. The van der Waals surface area contributed by atoms with Gasteiger partial charge in [-0.05, 0) is 24.1 Å². The number of nitrogens with two attached hydrogens (primary N) is 1. The zero-order valence-corrected chi connectivity index (χ0v) is 10.1. The average Bonchev–Trinajstić information content (AvgIpc) is 2.33. The van der Waals surface area contributed by atoms with Crippen molar-refractivity contribution in [2.75, 3.05) is 5.73 Å². The molecule has 88 valence electrons. The Hall–Kier alpha value is -1.81. The van der Waals surface area contributed by atoms with Crippen molar-refractivity contribution in [1.29, 1.82) is 0 Å². The number of anilines is 1. The molecule has 1 heterocycles. The molecule has 4 nitrogen and oxygen atoms in total. The summed E-state index contributed by atoms with van der Waals surface area (Å²) in [4.78, 5) is 7.89. The van der Waals surface area contributed by atoms with Crippen molar-refractivity contribution in [2.24, 2.45) is 0 Å². The number of aromatic nitrogens is 2. The Morgan fingerprint density at radius 3 is 2.65 bits per heavy atom. The van der Waals surface area contributed by atoms with Crippen LogP contribution in [0.2, 0.25) is 5.28 Å². The number of nitrogens with zero attached hydrogens (tertiary/aromatic N) is 2. The van der Waals surface area contributed by atoms with Crippen LogP contribution < -0.4 is 10.5 Å². The van der Waals surface area contributed by atoms with E-state index in [0.717, 1.165) is 5.56 Å². The molecule has 2 rings (SSSR count). The van der Waals surface area contributed by atoms with Crippen molar-refractivity contribution in [3.63, 3.8) is 0 Å². The molecule has 0 unspecified atom stereocenters. The molecule has 0 saturated heterocycles. The summed E-state index contributed by atoms with van der Waals surface area (Å²) in [6, 6.07) is 9.77. The summed E-state index contributed by atoms with van der Waals surface area (Å²) in [5, 5.41) is 0.139. The Morgan fingerprint density at radius 2 is 1.94 bits per heavy atom. The summed E-state index contributed by atoms with van der Waals surface area (Å²) in [5.74, 6) is 0.325. The average molecular weight is 250 g/mol. The van der Waals surface area contributed by atoms with Crippen molar-refractivity contribution in [2.45, 2.75) is 13.5 Å². The van der Waals surface area contributed by atoms with Gasteiger partial charge in [0, 0.05) is 0 Å². The number of ether oxygens (including phenoxy) is 1. The number of rotatable bonds is 3. The Labute approximate surface area is 104 Å². The second kappa shape index (κ2) is 5.01. The number of benzene rings is 1. The van der Waals surface area contributed by atoms with E-state index in [0.29, 0.717) is 23.9 Å². The first kappa shape index (κ1) is 11.7. The van der Waals surface area contributed by atoms with Crippen molar-refractivity contribution < 1.29 is 4.74 Å². The van der Waals surface area contributed by atoms with E-state index in [-0.39, 0.29) is 5.28 Å². The number of halogens is 1. The molecule has 5 heteroatoms. The maximum absolute atomic E-state index is 5.81. The third-order valence-corrected chi connectivity index (χ3v) is 2.46. The van der Waals surface area contributed by atoms with Gasteiger partial charge in [-0.25, -0.2) is 4.98 Å². The highest BCUT2D eigenvalue weighted by Gasteiger charge is 2.08. The van der Waals surface area contributed by atoms with E-state index < -0.39 is 0 Å². The van der Waals surface area contributed by atoms with E-state index in [1.807, 2.05) is 30.3 Å². The van der Waals surface area contributed by atoms with Gasteiger partial charge >= 0.3 is 0 Å². The minimum atomic E-state index is 0.139. The van der Waals surface area contributed by atoms with Gasteiger partial charge < -0.3 is 10.5 Å². The Balaban J connectivity index is 2.14. The van der Waals surface area contributed by atoms with E-state index in [2.05, 4.69) is 9.97 Å². The second-order valence-electron chi connectivity index (χ2n) is 3.57. The molecule has 0 aliphatic rings. The van der Waals surface area contributed by atoms with E-state index in [1.54, 1.807) is 6.92 Å². The van der Waals surface area contributed by atoms with Crippen LogP contribution in [0.5, 0.6) is 5.88 Å². The van der Waals surface area contributed by atoms with Crippen LogP contribution in [0.15, 0.2) is 30.3 Å². The smallest absolute Gasteiger partial charge is 0.242 e. The van der Waals surface area contributed by atoms with Crippen molar-refractivity contribution in [3.05, 3.63) is 46.9 Å². The third-order valence-electron chi connectivity index (χ3n) is 2.29. The standard InChI is InChI=1S/C12H12ClN3O/c1-8-10(14)11(16-12(13)15-8)17-7-9-5-3-2-4-6-9/h2-6H,7,14H2,1H3. The minimum Gasteiger partial charge on any atom is -0.471 e. The lowest BCUT2D eigenvalue weighted by Crippen LogP contribution is -2.04. The molecule has 0 bridgehead atoms. The lowest BCUT2D eigenvalue weighted by Gasteiger charge is -2.09. The zero-order valence-electron chi connectivity index (χ0n) is 9.35. The quantitative estimate of drug-likeness (QED) is 0.850. The van der Waals surface area contributed by atoms with Crippen LogP contribution in [0.4, 0.5) is 5.69 Å². The van der Waals surface area contributed by atoms with E-state index in [1.165, 1.54) is 0 Å². The summed E-state index contributed by atoms with van der Waals surface area (Å²) >= 11 is 5.75. The first-order valence-electron chi connectivity index (χ1n) is 5.13. The van der Waals surface area contributed by atoms with Crippen LogP contribution >= 0.6 is 11.6 Å². The highest BCUT2D eigenvalue weighted by molar-refractivity contribution is 6.28. The van der Waals surface area contributed by atoms with E-state index in [4.69, 9.17) is 22.1 Å². The summed E-state index contributed by atoms with van der Waals surface area (Å²) in [6.07, 6.45) is 0. The molecule has 0 fully saturated rings. The zero-order chi connectivity index (χ0) is 12.3. The van der Waals surface area contributed by atoms with Crippen LogP contribution in [0.25, 0.3) is 0 Å². The molecular weight excluding hydrogens is 238 g/mol. The molecule has 0 atom stereocenters. The molecule has 0 aliphatic carbocycles. The molecule has 0 saturated carbocycles. The lowest BCUT2D eigenvalue weighted by atomic mass is 10.2. The van der Waals surface area contributed by atoms with Gasteiger partial charge in [0.05, 0.1) is 5.69 Å². The fraction of sp³-hybridized carbons (Fsp3) is 0.167. The first-order valence-corrected chi connectivity index (χ1v) is 5.51. The van der Waals surface area contributed by atoms with Crippen LogP contribution in [0.1, 0.15) is 11.3 Å². The van der Waals surface area contributed by atoms with Gasteiger partial charge in [0.2, 0.25) is 11.2 Å². The van der Waals surface area contributed by atoms with Gasteiger partial charge in [0.1, 0.15) is 12.3 Å². The molecule has 0 radical (unpaired) electrons. The summed E-state index contributed by atoms with van der Waals surface area (Å²) in [7, 11) is 0. The molecule has 2 aromatic rings. The minimum absolute atomic E-state index is 0.139. The Kier molecular flexibility index (Phi) is 3.44.